The number of benzene rings is 1. The Hall–Kier alpha value is -1.92. The molecule has 0 saturated carbocycles. The molecule has 0 unspecified atom stereocenters. The third-order valence-corrected chi connectivity index (χ3v) is 4.58. The van der Waals surface area contributed by atoms with Gasteiger partial charge in [-0.1, -0.05) is 6.92 Å². The molecule has 25 heavy (non-hydrogen) atoms. The summed E-state index contributed by atoms with van der Waals surface area (Å²) in [6.45, 7) is 6.92. The van der Waals surface area contributed by atoms with Gasteiger partial charge >= 0.3 is 0 Å². The van der Waals surface area contributed by atoms with Gasteiger partial charge in [-0.05, 0) is 63.0 Å². The maximum atomic E-state index is 13.1. The van der Waals surface area contributed by atoms with E-state index in [2.05, 4.69) is 27.2 Å². The van der Waals surface area contributed by atoms with Crippen LogP contribution in [0.25, 0.3) is 5.69 Å². The Morgan fingerprint density at radius 2 is 2.12 bits per heavy atom. The minimum atomic E-state index is 0. The second kappa shape index (κ2) is 8.97. The largest absolute Gasteiger partial charge is 0.336 e. The van der Waals surface area contributed by atoms with Crippen LogP contribution in [0.4, 0.5) is 0 Å². The van der Waals surface area contributed by atoms with Gasteiger partial charge in [-0.25, -0.2) is 9.67 Å². The Kier molecular flexibility index (Phi) is 6.96. The zero-order chi connectivity index (χ0) is 16.9. The summed E-state index contributed by atoms with van der Waals surface area (Å²) in [5.74, 6) is 0.136. The molecule has 6 nitrogen and oxygen atoms in total. The maximum Gasteiger partial charge on any atom is 0.254 e. The van der Waals surface area contributed by atoms with E-state index >= 15 is 0 Å². The Bertz CT molecular complexity index is 683. The predicted molar refractivity (Wildman–Crippen MR) is 101 cm³/mol. The summed E-state index contributed by atoms with van der Waals surface area (Å²) in [5, 5.41) is 7.53. The summed E-state index contributed by atoms with van der Waals surface area (Å²) in [5.41, 5.74) is 2.73. The fourth-order valence-electron chi connectivity index (χ4n) is 3.35. The summed E-state index contributed by atoms with van der Waals surface area (Å²) >= 11 is 0. The molecule has 1 aromatic heterocycles. The predicted octanol–water partition coefficient (Wildman–Crippen LogP) is 2.60. The molecule has 7 heteroatoms. The van der Waals surface area contributed by atoms with Crippen LogP contribution in [0.5, 0.6) is 0 Å². The van der Waals surface area contributed by atoms with Crippen molar-refractivity contribution >= 4 is 18.3 Å². The molecule has 2 heterocycles. The molecule has 0 spiro atoms. The molecule has 1 amide bonds. The number of piperidine rings is 1. The van der Waals surface area contributed by atoms with Crippen molar-refractivity contribution in [3.05, 3.63) is 42.0 Å². The number of carbonyl (C=O) groups is 1. The number of amides is 1. The van der Waals surface area contributed by atoms with E-state index in [4.69, 9.17) is 0 Å². The molecular formula is C18H26ClN5O. The first-order valence-corrected chi connectivity index (χ1v) is 8.68. The van der Waals surface area contributed by atoms with Crippen LogP contribution in [0.3, 0.4) is 0 Å². The van der Waals surface area contributed by atoms with Crippen molar-refractivity contribution in [1.82, 2.24) is 25.0 Å². The maximum absolute atomic E-state index is 13.1. The van der Waals surface area contributed by atoms with Crippen LogP contribution < -0.4 is 5.32 Å². The molecule has 0 atom stereocenters. The van der Waals surface area contributed by atoms with Crippen molar-refractivity contribution in [1.29, 1.82) is 0 Å². The van der Waals surface area contributed by atoms with Crippen LogP contribution in [0, 0.1) is 6.92 Å². The summed E-state index contributed by atoms with van der Waals surface area (Å²) in [6, 6.07) is 6.15. The van der Waals surface area contributed by atoms with Crippen LogP contribution in [-0.4, -0.2) is 51.2 Å². The van der Waals surface area contributed by atoms with Crippen molar-refractivity contribution in [3.8, 4) is 5.69 Å². The number of hydrogen-bond acceptors (Lipinski definition) is 4. The van der Waals surface area contributed by atoms with Crippen LogP contribution in [0.1, 0.15) is 42.1 Å². The van der Waals surface area contributed by atoms with Crippen LogP contribution in [0.15, 0.2) is 30.9 Å². The molecule has 1 aliphatic heterocycles. The number of aryl methyl sites for hydroxylation is 1. The van der Waals surface area contributed by atoms with Crippen molar-refractivity contribution in [3.63, 3.8) is 0 Å². The first-order chi connectivity index (χ1) is 11.7. The number of nitrogens with one attached hydrogen (secondary N) is 1. The van der Waals surface area contributed by atoms with Crippen molar-refractivity contribution < 1.29 is 4.79 Å². The number of halogens is 1. The van der Waals surface area contributed by atoms with Crippen LogP contribution in [-0.2, 0) is 0 Å². The summed E-state index contributed by atoms with van der Waals surface area (Å²) < 4.78 is 1.72. The molecular weight excluding hydrogens is 338 g/mol. The minimum absolute atomic E-state index is 0. The van der Waals surface area contributed by atoms with Crippen LogP contribution in [0.2, 0.25) is 0 Å². The second-order valence-corrected chi connectivity index (χ2v) is 6.32. The standard InChI is InChI=1S/C18H25N5O.ClH/c1-3-10-22(16-6-8-19-9-7-16)18(24)15-4-5-17(14(2)11-15)23-13-20-12-21-23;/h4-5,11-13,16,19H,3,6-10H2,1-2H3;1H. The average Bonchev–Trinajstić information content (AvgIpc) is 3.14. The number of rotatable bonds is 5. The monoisotopic (exact) mass is 363 g/mol. The molecule has 1 aromatic carbocycles. The Morgan fingerprint density at radius 3 is 2.72 bits per heavy atom. The van der Waals surface area contributed by atoms with Gasteiger partial charge in [0, 0.05) is 18.2 Å². The van der Waals surface area contributed by atoms with Gasteiger partial charge < -0.3 is 10.2 Å². The highest BCUT2D eigenvalue weighted by Gasteiger charge is 2.25. The topological polar surface area (TPSA) is 63.1 Å². The lowest BCUT2D eigenvalue weighted by molar-refractivity contribution is 0.0642. The van der Waals surface area contributed by atoms with E-state index in [1.54, 1.807) is 11.0 Å². The average molecular weight is 364 g/mol. The van der Waals surface area contributed by atoms with Gasteiger partial charge in [0.25, 0.3) is 5.91 Å². The fraction of sp³-hybridized carbons (Fsp3) is 0.500. The summed E-state index contributed by atoms with van der Waals surface area (Å²) in [7, 11) is 0. The number of hydrogen-bond donors (Lipinski definition) is 1. The van der Waals surface area contributed by atoms with E-state index in [0.717, 1.165) is 55.7 Å². The zero-order valence-corrected chi connectivity index (χ0v) is 15.6. The quantitative estimate of drug-likeness (QED) is 0.886. The lowest BCUT2D eigenvalue weighted by atomic mass is 10.0. The summed E-state index contributed by atoms with van der Waals surface area (Å²) in [4.78, 5) is 19.1. The Morgan fingerprint density at radius 1 is 1.36 bits per heavy atom. The van der Waals surface area contributed by atoms with Crippen LogP contribution >= 0.6 is 12.4 Å². The van der Waals surface area contributed by atoms with E-state index in [9.17, 15) is 4.79 Å². The smallest absolute Gasteiger partial charge is 0.254 e. The van der Waals surface area contributed by atoms with Crippen molar-refractivity contribution in [2.45, 2.75) is 39.2 Å². The first-order valence-electron chi connectivity index (χ1n) is 8.68. The molecule has 136 valence electrons. The first kappa shape index (κ1) is 19.4. The van der Waals surface area contributed by atoms with E-state index in [1.165, 1.54) is 6.33 Å². The molecule has 1 saturated heterocycles. The van der Waals surface area contributed by atoms with Gasteiger partial charge in [-0.3, -0.25) is 4.79 Å². The molecule has 3 rings (SSSR count). The van der Waals surface area contributed by atoms with E-state index in [-0.39, 0.29) is 18.3 Å². The van der Waals surface area contributed by atoms with E-state index in [0.29, 0.717) is 6.04 Å². The van der Waals surface area contributed by atoms with Gasteiger partial charge in [-0.2, -0.15) is 5.10 Å². The third kappa shape index (κ3) is 4.38. The van der Waals surface area contributed by atoms with Crippen molar-refractivity contribution in [2.75, 3.05) is 19.6 Å². The van der Waals surface area contributed by atoms with Gasteiger partial charge in [0.05, 0.1) is 5.69 Å². The van der Waals surface area contributed by atoms with Gasteiger partial charge in [-0.15, -0.1) is 12.4 Å². The summed E-state index contributed by atoms with van der Waals surface area (Å²) in [6.07, 6.45) is 6.22. The lowest BCUT2D eigenvalue weighted by Gasteiger charge is -2.34. The Balaban J connectivity index is 0.00000225. The zero-order valence-electron chi connectivity index (χ0n) is 14.8. The second-order valence-electron chi connectivity index (χ2n) is 6.32. The fourth-order valence-corrected chi connectivity index (χ4v) is 3.35. The number of nitrogens with zero attached hydrogens (tertiary/aromatic N) is 4. The molecule has 1 fully saturated rings. The third-order valence-electron chi connectivity index (χ3n) is 4.58. The molecule has 0 bridgehead atoms. The number of carbonyl (C=O) groups excluding carboxylic acids is 1. The van der Waals surface area contributed by atoms with E-state index < -0.39 is 0 Å². The normalized spacial score (nSPS) is 14.8. The highest BCUT2D eigenvalue weighted by Crippen LogP contribution is 2.20. The lowest BCUT2D eigenvalue weighted by Crippen LogP contribution is -2.46. The highest BCUT2D eigenvalue weighted by molar-refractivity contribution is 5.95. The molecule has 1 aliphatic rings. The minimum Gasteiger partial charge on any atom is -0.336 e. The SMILES string of the molecule is CCCN(C(=O)c1ccc(-n2cncn2)c(C)c1)C1CCNCC1.Cl. The molecule has 1 N–H and O–H groups in total. The van der Waals surface area contributed by atoms with Gasteiger partial charge in [0.2, 0.25) is 0 Å². The van der Waals surface area contributed by atoms with E-state index in [1.807, 2.05) is 25.1 Å². The molecule has 2 aromatic rings. The van der Waals surface area contributed by atoms with Gasteiger partial charge in [0.15, 0.2) is 0 Å². The Labute approximate surface area is 155 Å². The molecule has 0 aliphatic carbocycles. The highest BCUT2D eigenvalue weighted by atomic mass is 35.5. The van der Waals surface area contributed by atoms with Gasteiger partial charge in [0.1, 0.15) is 12.7 Å². The molecule has 0 radical (unpaired) electrons. The number of aromatic nitrogens is 3. The van der Waals surface area contributed by atoms with Crippen molar-refractivity contribution in [2.24, 2.45) is 0 Å².